The van der Waals surface area contributed by atoms with Crippen LogP contribution in [-0.2, 0) is 9.59 Å². The van der Waals surface area contributed by atoms with Crippen LogP contribution in [0.5, 0.6) is 5.75 Å². The molecule has 0 bridgehead atoms. The van der Waals surface area contributed by atoms with Crippen molar-refractivity contribution in [2.45, 2.75) is 26.0 Å². The maximum Gasteiger partial charge on any atom is 0.300 e. The smallest absolute Gasteiger partial charge is 0.300 e. The molecule has 174 valence electrons. The van der Waals surface area contributed by atoms with Crippen molar-refractivity contribution in [2.75, 3.05) is 4.90 Å². The highest BCUT2D eigenvalue weighted by Crippen LogP contribution is 2.43. The molecule has 3 aromatic rings. The van der Waals surface area contributed by atoms with Crippen LogP contribution in [0.3, 0.4) is 0 Å². The topological polar surface area (TPSA) is 66.8 Å². The van der Waals surface area contributed by atoms with Gasteiger partial charge in [0.25, 0.3) is 11.7 Å². The number of anilines is 1. The third kappa shape index (κ3) is 4.52. The van der Waals surface area contributed by atoms with Crippen molar-refractivity contribution in [1.82, 2.24) is 0 Å². The molecule has 1 atom stereocenters. The number of hydrogen-bond acceptors (Lipinski definition) is 4. The first-order valence-electron chi connectivity index (χ1n) is 10.5. The number of benzene rings is 3. The number of Topliss-reactive ketones (excluding diaryl/α,β-unsaturated/α-hetero) is 1. The van der Waals surface area contributed by atoms with Gasteiger partial charge in [0.1, 0.15) is 17.3 Å². The minimum Gasteiger partial charge on any atom is -0.507 e. The Labute approximate surface area is 206 Å². The van der Waals surface area contributed by atoms with Crippen LogP contribution < -0.4 is 9.64 Å². The number of amides is 1. The van der Waals surface area contributed by atoms with E-state index in [0.717, 1.165) is 0 Å². The Kier molecular flexibility index (Phi) is 6.64. The first kappa shape index (κ1) is 23.8. The van der Waals surface area contributed by atoms with E-state index in [0.29, 0.717) is 21.9 Å². The van der Waals surface area contributed by atoms with E-state index in [-0.39, 0.29) is 28.1 Å². The largest absolute Gasteiger partial charge is 0.507 e. The second-order valence-electron chi connectivity index (χ2n) is 8.01. The molecule has 0 radical (unpaired) electrons. The fraction of sp³-hybridized carbons (Fsp3) is 0.154. The van der Waals surface area contributed by atoms with Crippen LogP contribution in [-0.4, -0.2) is 22.9 Å². The molecule has 1 N–H and O–H groups in total. The van der Waals surface area contributed by atoms with Gasteiger partial charge in [0, 0.05) is 11.3 Å². The lowest BCUT2D eigenvalue weighted by Crippen LogP contribution is -2.29. The number of ketones is 1. The highest BCUT2D eigenvalue weighted by Gasteiger charge is 2.47. The zero-order valence-electron chi connectivity index (χ0n) is 18.3. The van der Waals surface area contributed by atoms with Crippen molar-refractivity contribution >= 4 is 46.3 Å². The van der Waals surface area contributed by atoms with E-state index in [9.17, 15) is 19.1 Å². The molecule has 0 saturated carbocycles. The third-order valence-corrected chi connectivity index (χ3v) is 6.03. The Morgan fingerprint density at radius 3 is 2.35 bits per heavy atom. The van der Waals surface area contributed by atoms with E-state index in [2.05, 4.69) is 0 Å². The molecule has 34 heavy (non-hydrogen) atoms. The van der Waals surface area contributed by atoms with E-state index >= 15 is 0 Å². The molecule has 1 unspecified atom stereocenters. The fourth-order valence-corrected chi connectivity index (χ4v) is 4.15. The summed E-state index contributed by atoms with van der Waals surface area (Å²) in [4.78, 5) is 27.5. The summed E-state index contributed by atoms with van der Waals surface area (Å²) in [5.74, 6) is -2.11. The molecule has 0 aromatic heterocycles. The van der Waals surface area contributed by atoms with Gasteiger partial charge in [0.2, 0.25) is 0 Å². The zero-order valence-corrected chi connectivity index (χ0v) is 19.8. The van der Waals surface area contributed by atoms with Crippen molar-refractivity contribution in [3.63, 3.8) is 0 Å². The van der Waals surface area contributed by atoms with Crippen molar-refractivity contribution in [2.24, 2.45) is 0 Å². The van der Waals surface area contributed by atoms with Crippen LogP contribution >= 0.6 is 23.2 Å². The maximum absolute atomic E-state index is 13.6. The first-order valence-corrected chi connectivity index (χ1v) is 11.2. The lowest BCUT2D eigenvalue weighted by Gasteiger charge is -2.25. The zero-order chi connectivity index (χ0) is 24.6. The molecule has 1 aliphatic heterocycles. The summed E-state index contributed by atoms with van der Waals surface area (Å²) in [6, 6.07) is 15.4. The predicted molar refractivity (Wildman–Crippen MR) is 130 cm³/mol. The fourth-order valence-electron chi connectivity index (χ4n) is 3.84. The Morgan fingerprint density at radius 1 is 1.00 bits per heavy atom. The van der Waals surface area contributed by atoms with Gasteiger partial charge in [-0.3, -0.25) is 14.5 Å². The van der Waals surface area contributed by atoms with Crippen LogP contribution in [0.1, 0.15) is 31.0 Å². The minimum absolute atomic E-state index is 0.0994. The second-order valence-corrected chi connectivity index (χ2v) is 8.83. The van der Waals surface area contributed by atoms with Crippen LogP contribution in [0, 0.1) is 5.82 Å². The highest BCUT2D eigenvalue weighted by atomic mass is 35.5. The number of nitrogens with zero attached hydrogens (tertiary/aromatic N) is 1. The minimum atomic E-state index is -1.02. The van der Waals surface area contributed by atoms with E-state index in [1.165, 1.54) is 35.2 Å². The van der Waals surface area contributed by atoms with Gasteiger partial charge < -0.3 is 9.84 Å². The van der Waals surface area contributed by atoms with Gasteiger partial charge in [0.15, 0.2) is 0 Å². The Bertz CT molecular complexity index is 1300. The van der Waals surface area contributed by atoms with Gasteiger partial charge in [-0.15, -0.1) is 0 Å². The molecule has 4 rings (SSSR count). The van der Waals surface area contributed by atoms with E-state index < -0.39 is 23.5 Å². The molecule has 8 heteroatoms. The SMILES string of the molecule is CC(C)Oc1cccc(/C(O)=C2/C(=O)C(=O)N(c3ccc(F)cc3)C2c2ccc(Cl)c(Cl)c2)c1. The van der Waals surface area contributed by atoms with Gasteiger partial charge >= 0.3 is 0 Å². The van der Waals surface area contributed by atoms with Gasteiger partial charge in [0.05, 0.1) is 27.8 Å². The molecule has 1 heterocycles. The van der Waals surface area contributed by atoms with Crippen LogP contribution in [0.25, 0.3) is 5.76 Å². The number of halogens is 3. The summed E-state index contributed by atoms with van der Waals surface area (Å²) in [6.07, 6.45) is -0.0994. The molecular formula is C26H20Cl2FNO4. The summed E-state index contributed by atoms with van der Waals surface area (Å²) in [6.45, 7) is 3.73. The number of ether oxygens (including phenoxy) is 1. The lowest BCUT2D eigenvalue weighted by atomic mass is 9.95. The van der Waals surface area contributed by atoms with E-state index in [1.807, 2.05) is 13.8 Å². The Hall–Kier alpha value is -3.35. The molecule has 0 aliphatic carbocycles. The average Bonchev–Trinajstić information content (AvgIpc) is 3.06. The average molecular weight is 500 g/mol. The molecule has 0 spiro atoms. The summed E-state index contributed by atoms with van der Waals surface area (Å²) >= 11 is 12.3. The summed E-state index contributed by atoms with van der Waals surface area (Å²) < 4.78 is 19.2. The van der Waals surface area contributed by atoms with Crippen LogP contribution in [0.15, 0.2) is 72.3 Å². The molecule has 1 saturated heterocycles. The number of aliphatic hydroxyl groups is 1. The summed E-state index contributed by atoms with van der Waals surface area (Å²) in [7, 11) is 0. The second kappa shape index (κ2) is 9.49. The van der Waals surface area contributed by atoms with Crippen molar-refractivity contribution < 1.29 is 23.8 Å². The van der Waals surface area contributed by atoms with E-state index in [4.69, 9.17) is 27.9 Å². The number of hydrogen-bond donors (Lipinski definition) is 1. The molecular weight excluding hydrogens is 480 g/mol. The quantitative estimate of drug-likeness (QED) is 0.245. The maximum atomic E-state index is 13.6. The van der Waals surface area contributed by atoms with Gasteiger partial charge in [-0.2, -0.15) is 0 Å². The van der Waals surface area contributed by atoms with Crippen molar-refractivity contribution in [1.29, 1.82) is 0 Å². The number of rotatable bonds is 5. The van der Waals surface area contributed by atoms with E-state index in [1.54, 1.807) is 36.4 Å². The molecule has 3 aromatic carbocycles. The number of aliphatic hydroxyl groups excluding tert-OH is 1. The van der Waals surface area contributed by atoms with Gasteiger partial charge in [-0.1, -0.05) is 41.4 Å². The Morgan fingerprint density at radius 2 is 1.71 bits per heavy atom. The monoisotopic (exact) mass is 499 g/mol. The number of carbonyl (C=O) groups excluding carboxylic acids is 2. The summed E-state index contributed by atoms with van der Waals surface area (Å²) in [5, 5.41) is 11.7. The summed E-state index contributed by atoms with van der Waals surface area (Å²) in [5.41, 5.74) is 0.916. The lowest BCUT2D eigenvalue weighted by molar-refractivity contribution is -0.132. The van der Waals surface area contributed by atoms with Crippen molar-refractivity contribution in [3.8, 4) is 5.75 Å². The molecule has 1 fully saturated rings. The molecule has 1 amide bonds. The van der Waals surface area contributed by atoms with Crippen LogP contribution in [0.2, 0.25) is 10.0 Å². The van der Waals surface area contributed by atoms with Gasteiger partial charge in [-0.25, -0.2) is 4.39 Å². The van der Waals surface area contributed by atoms with Crippen molar-refractivity contribution in [3.05, 3.63) is 99.3 Å². The van der Waals surface area contributed by atoms with Gasteiger partial charge in [-0.05, 0) is 67.9 Å². The molecule has 5 nitrogen and oxygen atoms in total. The van der Waals surface area contributed by atoms with Crippen LogP contribution in [0.4, 0.5) is 10.1 Å². The highest BCUT2D eigenvalue weighted by molar-refractivity contribution is 6.51. The number of carbonyl (C=O) groups is 2. The standard InChI is InChI=1S/C26H20Cl2FNO4/c1-14(2)34-19-5-3-4-16(12-19)24(31)22-23(15-6-11-20(27)21(28)13-15)30(26(33)25(22)32)18-9-7-17(29)8-10-18/h3-14,23,31H,1-2H3/b24-22-. The normalized spacial score (nSPS) is 17.5. The Balaban J connectivity index is 1.92. The molecule has 1 aliphatic rings. The third-order valence-electron chi connectivity index (χ3n) is 5.29. The first-order chi connectivity index (χ1) is 16.2. The predicted octanol–water partition coefficient (Wildman–Crippen LogP) is 6.55.